The first-order chi connectivity index (χ1) is 9.70. The van der Waals surface area contributed by atoms with Crippen LogP contribution in [0.1, 0.15) is 38.3 Å². The number of rotatable bonds is 5. The molecule has 0 bridgehead atoms. The van der Waals surface area contributed by atoms with Gasteiger partial charge in [0.2, 0.25) is 5.91 Å². The third-order valence-electron chi connectivity index (χ3n) is 3.64. The second-order valence-electron chi connectivity index (χ2n) is 5.12. The van der Waals surface area contributed by atoms with Gasteiger partial charge in [-0.25, -0.2) is 0 Å². The quantitative estimate of drug-likeness (QED) is 0.900. The number of carbonyl (C=O) groups excluding carboxylic acids is 1. The van der Waals surface area contributed by atoms with E-state index >= 15 is 0 Å². The highest BCUT2D eigenvalue weighted by molar-refractivity contribution is 5.79. The van der Waals surface area contributed by atoms with E-state index in [1.54, 1.807) is 0 Å². The molecule has 1 aliphatic heterocycles. The summed E-state index contributed by atoms with van der Waals surface area (Å²) in [5.74, 6) is 1.09. The fourth-order valence-corrected chi connectivity index (χ4v) is 2.39. The Hall–Kier alpha value is -1.55. The number of nitrogens with one attached hydrogen (secondary N) is 1. The van der Waals surface area contributed by atoms with Crippen LogP contribution in [0.25, 0.3) is 0 Å². The van der Waals surface area contributed by atoms with E-state index in [-0.39, 0.29) is 17.9 Å². The molecule has 1 heterocycles. The van der Waals surface area contributed by atoms with Crippen molar-refractivity contribution in [1.29, 1.82) is 0 Å². The summed E-state index contributed by atoms with van der Waals surface area (Å²) >= 11 is 0. The lowest BCUT2D eigenvalue weighted by Crippen LogP contribution is -2.35. The minimum Gasteiger partial charge on any atom is -0.494 e. The summed E-state index contributed by atoms with van der Waals surface area (Å²) in [5, 5.41) is 3.08. The zero-order valence-corrected chi connectivity index (χ0v) is 12.2. The minimum absolute atomic E-state index is 0.0148. The predicted molar refractivity (Wildman–Crippen MR) is 77.7 cm³/mol. The van der Waals surface area contributed by atoms with E-state index in [9.17, 15) is 4.79 Å². The van der Waals surface area contributed by atoms with E-state index in [1.165, 1.54) is 0 Å². The number of ether oxygens (including phenoxy) is 2. The molecule has 1 amide bonds. The summed E-state index contributed by atoms with van der Waals surface area (Å²) in [6.45, 7) is 6.01. The Kier molecular flexibility index (Phi) is 5.41. The van der Waals surface area contributed by atoms with Crippen LogP contribution >= 0.6 is 0 Å². The number of hydrogen-bond donors (Lipinski definition) is 1. The van der Waals surface area contributed by atoms with Crippen LogP contribution < -0.4 is 10.1 Å². The largest absolute Gasteiger partial charge is 0.494 e. The first-order valence-electron chi connectivity index (χ1n) is 7.31. The summed E-state index contributed by atoms with van der Waals surface area (Å²) in [5.41, 5.74) is 1.09. The third-order valence-corrected chi connectivity index (χ3v) is 3.64. The molecule has 0 saturated carbocycles. The Morgan fingerprint density at radius 3 is 2.60 bits per heavy atom. The van der Waals surface area contributed by atoms with E-state index < -0.39 is 0 Å². The third kappa shape index (κ3) is 3.97. The Labute approximate surface area is 120 Å². The van der Waals surface area contributed by atoms with Gasteiger partial charge in [-0.05, 0) is 44.4 Å². The molecule has 1 atom stereocenters. The van der Waals surface area contributed by atoms with Crippen LogP contribution in [0.4, 0.5) is 0 Å². The van der Waals surface area contributed by atoms with Gasteiger partial charge in [0.25, 0.3) is 0 Å². The van der Waals surface area contributed by atoms with Crippen molar-refractivity contribution in [1.82, 2.24) is 5.32 Å². The molecule has 1 aromatic rings. The topological polar surface area (TPSA) is 47.6 Å². The summed E-state index contributed by atoms with van der Waals surface area (Å²) < 4.78 is 10.7. The average molecular weight is 277 g/mol. The normalized spacial score (nSPS) is 17.5. The lowest BCUT2D eigenvalue weighted by atomic mass is 9.98. The van der Waals surface area contributed by atoms with Gasteiger partial charge in [0.05, 0.1) is 12.6 Å². The molecule has 1 aromatic carbocycles. The van der Waals surface area contributed by atoms with Crippen molar-refractivity contribution in [2.24, 2.45) is 5.92 Å². The second kappa shape index (κ2) is 7.29. The van der Waals surface area contributed by atoms with Crippen molar-refractivity contribution < 1.29 is 14.3 Å². The molecule has 0 spiro atoms. The molecule has 1 fully saturated rings. The molecule has 2 rings (SSSR count). The number of amides is 1. The number of carbonyl (C=O) groups is 1. The summed E-state index contributed by atoms with van der Waals surface area (Å²) in [6.07, 6.45) is 1.64. The van der Waals surface area contributed by atoms with Crippen LogP contribution in [-0.4, -0.2) is 25.7 Å². The van der Waals surface area contributed by atoms with Crippen LogP contribution in [0, 0.1) is 5.92 Å². The Morgan fingerprint density at radius 2 is 2.00 bits per heavy atom. The zero-order chi connectivity index (χ0) is 14.4. The van der Waals surface area contributed by atoms with Gasteiger partial charge in [-0.15, -0.1) is 0 Å². The number of hydrogen-bond acceptors (Lipinski definition) is 3. The minimum atomic E-state index is 0.0148. The van der Waals surface area contributed by atoms with Crippen molar-refractivity contribution in [2.75, 3.05) is 19.8 Å². The molecular formula is C16H23NO3. The maximum absolute atomic E-state index is 12.2. The van der Waals surface area contributed by atoms with E-state index in [0.29, 0.717) is 19.8 Å². The van der Waals surface area contributed by atoms with Gasteiger partial charge in [0.15, 0.2) is 0 Å². The average Bonchev–Trinajstić information content (AvgIpc) is 2.49. The molecule has 1 unspecified atom stereocenters. The monoisotopic (exact) mass is 277 g/mol. The molecule has 20 heavy (non-hydrogen) atoms. The van der Waals surface area contributed by atoms with Gasteiger partial charge in [0, 0.05) is 19.1 Å². The molecule has 4 heteroatoms. The second-order valence-corrected chi connectivity index (χ2v) is 5.12. The summed E-state index contributed by atoms with van der Waals surface area (Å²) in [4.78, 5) is 12.2. The molecule has 4 nitrogen and oxygen atoms in total. The van der Waals surface area contributed by atoms with E-state index in [1.807, 2.05) is 38.1 Å². The Bertz CT molecular complexity index is 424. The molecular weight excluding hydrogens is 254 g/mol. The lowest BCUT2D eigenvalue weighted by molar-refractivity contribution is -0.128. The molecule has 0 aliphatic carbocycles. The summed E-state index contributed by atoms with van der Waals surface area (Å²) in [6, 6.07) is 7.90. The van der Waals surface area contributed by atoms with Gasteiger partial charge < -0.3 is 14.8 Å². The maximum atomic E-state index is 12.2. The predicted octanol–water partition coefficient (Wildman–Crippen LogP) is 2.69. The molecule has 0 aromatic heterocycles. The van der Waals surface area contributed by atoms with Crippen molar-refractivity contribution in [3.8, 4) is 5.75 Å². The fourth-order valence-electron chi connectivity index (χ4n) is 2.39. The van der Waals surface area contributed by atoms with Crippen LogP contribution in [0.2, 0.25) is 0 Å². The van der Waals surface area contributed by atoms with Crippen LogP contribution in [0.15, 0.2) is 24.3 Å². The highest BCUT2D eigenvalue weighted by Gasteiger charge is 2.22. The standard InChI is InChI=1S/C16H23NO3/c1-3-20-15-6-4-13(5-7-15)12(2)17-16(18)14-8-10-19-11-9-14/h4-7,12,14H,3,8-11H2,1-2H3,(H,17,18). The highest BCUT2D eigenvalue weighted by Crippen LogP contribution is 2.20. The Morgan fingerprint density at radius 1 is 1.35 bits per heavy atom. The van der Waals surface area contributed by atoms with Gasteiger partial charge in [0.1, 0.15) is 5.75 Å². The molecule has 0 radical (unpaired) electrons. The molecule has 1 saturated heterocycles. The summed E-state index contributed by atoms with van der Waals surface area (Å²) in [7, 11) is 0. The van der Waals surface area contributed by atoms with Crippen molar-refractivity contribution in [3.05, 3.63) is 29.8 Å². The molecule has 110 valence electrons. The van der Waals surface area contributed by atoms with Crippen LogP contribution in [0.3, 0.4) is 0 Å². The fraction of sp³-hybridized carbons (Fsp3) is 0.562. The first kappa shape index (κ1) is 14.9. The molecule has 1 aliphatic rings. The van der Waals surface area contributed by atoms with Crippen molar-refractivity contribution >= 4 is 5.91 Å². The zero-order valence-electron chi connectivity index (χ0n) is 12.2. The highest BCUT2D eigenvalue weighted by atomic mass is 16.5. The van der Waals surface area contributed by atoms with E-state index in [2.05, 4.69) is 5.32 Å². The molecule has 1 N–H and O–H groups in total. The number of benzene rings is 1. The van der Waals surface area contributed by atoms with E-state index in [4.69, 9.17) is 9.47 Å². The van der Waals surface area contributed by atoms with Crippen molar-refractivity contribution in [2.45, 2.75) is 32.7 Å². The maximum Gasteiger partial charge on any atom is 0.223 e. The van der Waals surface area contributed by atoms with Gasteiger partial charge in [-0.1, -0.05) is 12.1 Å². The van der Waals surface area contributed by atoms with Gasteiger partial charge in [-0.3, -0.25) is 4.79 Å². The van der Waals surface area contributed by atoms with Crippen LogP contribution in [-0.2, 0) is 9.53 Å². The van der Waals surface area contributed by atoms with Crippen LogP contribution in [0.5, 0.6) is 5.75 Å². The van der Waals surface area contributed by atoms with Gasteiger partial charge >= 0.3 is 0 Å². The SMILES string of the molecule is CCOc1ccc(C(C)NC(=O)C2CCOCC2)cc1. The van der Waals surface area contributed by atoms with Crippen molar-refractivity contribution in [3.63, 3.8) is 0 Å². The van der Waals surface area contributed by atoms with Gasteiger partial charge in [-0.2, -0.15) is 0 Å². The smallest absolute Gasteiger partial charge is 0.223 e. The first-order valence-corrected chi connectivity index (χ1v) is 7.31. The van der Waals surface area contributed by atoms with E-state index in [0.717, 1.165) is 24.2 Å². The Balaban J connectivity index is 1.89. The lowest BCUT2D eigenvalue weighted by Gasteiger charge is -2.23.